The van der Waals surface area contributed by atoms with Gasteiger partial charge in [0, 0.05) is 138 Å². The van der Waals surface area contributed by atoms with Gasteiger partial charge in [-0.1, -0.05) is 34.6 Å². The molecule has 0 saturated carbocycles. The van der Waals surface area contributed by atoms with E-state index in [4.69, 9.17) is 57.4 Å². The summed E-state index contributed by atoms with van der Waals surface area (Å²) in [5.74, 6) is -6.73. The molecule has 8 rings (SSSR count). The molecule has 8 bridgehead atoms. The van der Waals surface area contributed by atoms with E-state index in [1.165, 1.54) is 13.3 Å². The number of aryl methyl sites for hydroxylation is 2. The lowest BCUT2D eigenvalue weighted by molar-refractivity contribution is -0.124. The Morgan fingerprint density at radius 1 is 0.813 bits per heavy atom. The maximum Gasteiger partial charge on any atom is 0.472 e. The molecule has 28 heteroatoms. The number of ether oxygens (including phenoxy) is 1. The second-order valence-corrected chi connectivity index (χ2v) is 28.6. The number of fused-ring (bicyclic) bond motifs is 7. The van der Waals surface area contributed by atoms with E-state index < -0.39 is 137 Å². The van der Waals surface area contributed by atoms with Gasteiger partial charge in [0.1, 0.15) is 18.3 Å². The Hall–Kier alpha value is -7.00. The van der Waals surface area contributed by atoms with Crippen LogP contribution in [0.3, 0.4) is 0 Å². The van der Waals surface area contributed by atoms with E-state index in [-0.39, 0.29) is 76.7 Å². The summed E-state index contributed by atoms with van der Waals surface area (Å²) in [4.78, 5) is 127. The number of primary amides is 5. The number of amides is 7. The summed E-state index contributed by atoms with van der Waals surface area (Å²) in [6, 6.07) is 2.71. The fourth-order valence-electron chi connectivity index (χ4n) is 15.6. The van der Waals surface area contributed by atoms with Gasteiger partial charge in [0.25, 0.3) is 0 Å². The number of phosphoric ester groups is 1. The number of benzene rings is 1. The van der Waals surface area contributed by atoms with Crippen LogP contribution in [-0.2, 0) is 51.9 Å². The molecule has 0 spiro atoms. The first-order valence-electron chi connectivity index (χ1n) is 31.0. The van der Waals surface area contributed by atoms with Gasteiger partial charge in [-0.05, 0) is 108 Å². The van der Waals surface area contributed by atoms with Crippen molar-refractivity contribution in [2.75, 3.05) is 20.2 Å². The quantitative estimate of drug-likeness (QED) is 0.0601. The van der Waals surface area contributed by atoms with Crippen molar-refractivity contribution >= 4 is 77.3 Å². The number of aliphatic hydroxyl groups is 2. The van der Waals surface area contributed by atoms with Gasteiger partial charge in [0.15, 0.2) is 6.23 Å². The standard InChI is InChI=1S/C63H92N13O14P/c1-30-21-40-41(22-31(30)2)76(29-71-40)58-53(85)54(42(28-77)88-58)90-91(86,87)89-32(3)27-70-50(84)19-20-60(8)38(23-46(66)80)57-63(11)62(10,26-48(68)82)37(14-17-45(65)79)52(75-63)34(5)56-61(9,25-47(67)81)35(13-16-44(64)78)39(72-56)24-43-59(6,7)36(15-18-49(83)69-12)51(73-43)33(4)55(60)74-57/h21-22,24,29,32,35-38,42,53-54,57-58,72,77,85H,13-20,23,25-28H2,1-12H3,(H2,64,78)(H2,65,79)(H2,66,80)(H2,67,81)(H2,68,82)(H,69,83)(H,70,84)(H,86,87)/b39-24?,51-33?,56-34-/t32-,35-,36-,37-,38+,42-,53-,54-,57?,58+,60-,61+,62+,63+/m1/s1. The van der Waals surface area contributed by atoms with Crippen LogP contribution in [0.5, 0.6) is 0 Å². The maximum absolute atomic E-state index is 14.4. The largest absolute Gasteiger partial charge is 0.472 e. The normalized spacial score (nSPS) is 32.6. The van der Waals surface area contributed by atoms with E-state index in [1.54, 1.807) is 11.6 Å². The monoisotopic (exact) mass is 1290 g/mol. The first kappa shape index (κ1) is 69.9. The summed E-state index contributed by atoms with van der Waals surface area (Å²) in [5, 5.41) is 31.0. The molecule has 91 heavy (non-hydrogen) atoms. The number of nitrogens with zero attached hydrogens (tertiary/aromatic N) is 5. The van der Waals surface area contributed by atoms with Crippen LogP contribution in [0.25, 0.3) is 11.0 Å². The van der Waals surface area contributed by atoms with Gasteiger partial charge in [0.05, 0.1) is 41.7 Å². The van der Waals surface area contributed by atoms with E-state index in [0.29, 0.717) is 62.8 Å². The summed E-state index contributed by atoms with van der Waals surface area (Å²) >= 11 is 0. The van der Waals surface area contributed by atoms with E-state index in [2.05, 4.69) is 20.9 Å². The molecule has 0 radical (unpaired) electrons. The Morgan fingerprint density at radius 2 is 1.44 bits per heavy atom. The number of hydrogen-bond acceptors (Lipinski definition) is 18. The van der Waals surface area contributed by atoms with Crippen molar-refractivity contribution < 1.29 is 67.0 Å². The maximum atomic E-state index is 14.4. The van der Waals surface area contributed by atoms with Gasteiger partial charge in [0.2, 0.25) is 41.4 Å². The third-order valence-electron chi connectivity index (χ3n) is 20.9. The van der Waals surface area contributed by atoms with Crippen LogP contribution in [0.4, 0.5) is 0 Å². The van der Waals surface area contributed by atoms with E-state index in [9.17, 15) is 53.2 Å². The van der Waals surface area contributed by atoms with Crippen LogP contribution >= 0.6 is 7.82 Å². The number of aliphatic imine (C=N–C) groups is 3. The third-order valence-corrected chi connectivity index (χ3v) is 22.0. The molecule has 27 nitrogen and oxygen atoms in total. The highest BCUT2D eigenvalue weighted by Gasteiger charge is 2.66. The Labute approximate surface area is 530 Å². The summed E-state index contributed by atoms with van der Waals surface area (Å²) in [6.07, 6.45) is -3.94. The molecule has 7 heterocycles. The Balaban J connectivity index is 1.20. The number of nitrogens with one attached hydrogen (secondary N) is 3. The number of rotatable bonds is 26. The fourth-order valence-corrected chi connectivity index (χ4v) is 16.7. The number of aromatic nitrogens is 2. The molecule has 6 aliphatic rings. The van der Waals surface area contributed by atoms with Crippen LogP contribution in [-0.4, -0.2) is 139 Å². The molecule has 2 aromatic rings. The zero-order valence-electron chi connectivity index (χ0n) is 54.2. The zero-order chi connectivity index (χ0) is 67.4. The lowest BCUT2D eigenvalue weighted by Crippen LogP contribution is -2.56. The average molecular weight is 1290 g/mol. The molecule has 2 fully saturated rings. The number of carbonyl (C=O) groups is 7. The van der Waals surface area contributed by atoms with Crippen molar-refractivity contribution in [1.82, 2.24) is 25.5 Å². The van der Waals surface area contributed by atoms with Gasteiger partial charge in [-0.3, -0.25) is 57.6 Å². The highest BCUT2D eigenvalue weighted by Crippen LogP contribution is 2.63. The molecular weight excluding hydrogens is 1190 g/mol. The van der Waals surface area contributed by atoms with Gasteiger partial charge in [-0.15, -0.1) is 0 Å². The first-order valence-corrected chi connectivity index (χ1v) is 32.5. The van der Waals surface area contributed by atoms with Crippen molar-refractivity contribution in [2.24, 2.45) is 89.0 Å². The second-order valence-electron chi connectivity index (χ2n) is 27.3. The highest BCUT2D eigenvalue weighted by molar-refractivity contribution is 7.47. The van der Waals surface area contributed by atoms with Crippen molar-refractivity contribution in [3.63, 3.8) is 0 Å². The predicted molar refractivity (Wildman–Crippen MR) is 338 cm³/mol. The minimum absolute atomic E-state index is 0.000535. The first-order chi connectivity index (χ1) is 42.4. The number of phosphoric acid groups is 1. The van der Waals surface area contributed by atoms with Crippen LogP contribution in [0, 0.1) is 59.2 Å². The van der Waals surface area contributed by atoms with Crippen LogP contribution in [0.1, 0.15) is 150 Å². The van der Waals surface area contributed by atoms with Crippen molar-refractivity contribution in [3.8, 4) is 0 Å². The molecule has 1 aromatic heterocycles. The second kappa shape index (κ2) is 26.2. The summed E-state index contributed by atoms with van der Waals surface area (Å²) in [6.45, 7) is 19.4. The molecule has 6 aliphatic heterocycles. The van der Waals surface area contributed by atoms with Crippen molar-refractivity contribution in [2.45, 2.75) is 189 Å². The summed E-state index contributed by atoms with van der Waals surface area (Å²) in [5.41, 5.74) is 31.8. The lowest BCUT2D eigenvalue weighted by Gasteiger charge is -2.48. The highest BCUT2D eigenvalue weighted by atomic mass is 31.2. The number of allylic oxidation sites excluding steroid dienone is 6. The molecule has 0 aliphatic carbocycles. The van der Waals surface area contributed by atoms with Gasteiger partial charge >= 0.3 is 7.82 Å². The summed E-state index contributed by atoms with van der Waals surface area (Å²) in [7, 11) is -3.52. The van der Waals surface area contributed by atoms with Crippen LogP contribution < -0.4 is 44.6 Å². The number of hydrogen-bond donors (Lipinski definition) is 11. The smallest absolute Gasteiger partial charge is 0.394 e. The molecule has 7 amide bonds. The molecule has 16 N–H and O–H groups in total. The minimum atomic E-state index is -5.07. The zero-order valence-corrected chi connectivity index (χ0v) is 55.1. The molecule has 15 atom stereocenters. The number of carbonyl (C=O) groups excluding carboxylic acids is 7. The Bertz CT molecular complexity index is 3560. The third kappa shape index (κ3) is 13.3. The molecule has 1 aromatic carbocycles. The van der Waals surface area contributed by atoms with E-state index in [0.717, 1.165) is 11.1 Å². The van der Waals surface area contributed by atoms with Crippen LogP contribution in [0.2, 0.25) is 0 Å². The van der Waals surface area contributed by atoms with Crippen molar-refractivity contribution in [1.29, 1.82) is 0 Å². The van der Waals surface area contributed by atoms with Crippen LogP contribution in [0.15, 0.2) is 67.8 Å². The average Bonchev–Trinajstić information content (AvgIpc) is 1.53. The van der Waals surface area contributed by atoms with Crippen molar-refractivity contribution in [3.05, 3.63) is 63.9 Å². The lowest BCUT2D eigenvalue weighted by atomic mass is 9.55. The molecular formula is C63H92N13O14P. The Kier molecular flexibility index (Phi) is 20.1. The molecule has 2 unspecified atom stereocenters. The Morgan fingerprint density at radius 3 is 2.04 bits per heavy atom. The topological polar surface area (TPSA) is 446 Å². The van der Waals surface area contributed by atoms with E-state index >= 15 is 0 Å². The molecule has 2 saturated heterocycles. The summed E-state index contributed by atoms with van der Waals surface area (Å²) < 4.78 is 32.3. The number of imidazole rings is 1. The fraction of sp³-hybridized carbons (Fsp3) is 0.635. The predicted octanol–water partition coefficient (Wildman–Crippen LogP) is 3.42. The molecule has 498 valence electrons. The number of aliphatic hydroxyl groups excluding tert-OH is 2. The SMILES string of the molecule is CNC(=O)CC[C@@H]1C2=C(C)C3=NC([C@H](CC(N)=O)[C@@]3(C)CCC(=O)NC[C@@H](C)OP(=O)(O)O[C@H]3[C@@H](O)[C@@H](n4cnc5cc(C)c(C)cc54)O[C@@H]3CO)[C@]3(C)N=C(/C(C)=C4\NC(=CC(=N2)C1(C)C)[C@@H](CCC(N)=O)[C@]4(C)CC(N)=O)[C@@H](CCC(N)=O)[C@]3(C)CC(N)=O. The van der Waals surface area contributed by atoms with Gasteiger partial charge in [-0.2, -0.15) is 0 Å². The van der Waals surface area contributed by atoms with Gasteiger partial charge < -0.3 is 69.0 Å². The van der Waals surface area contributed by atoms with Gasteiger partial charge in [-0.25, -0.2) is 9.55 Å². The number of nitrogens with two attached hydrogens (primary N) is 5. The van der Waals surface area contributed by atoms with E-state index in [1.807, 2.05) is 87.4 Å². The minimum Gasteiger partial charge on any atom is -0.394 e.